The van der Waals surface area contributed by atoms with E-state index in [2.05, 4.69) is 38.9 Å². The molecule has 0 spiro atoms. The van der Waals surface area contributed by atoms with Crippen LogP contribution >= 0.6 is 0 Å². The molecule has 138 valence electrons. The molecule has 1 aliphatic rings. The molecule has 0 aliphatic carbocycles. The third-order valence-corrected chi connectivity index (χ3v) is 4.79. The van der Waals surface area contributed by atoms with Crippen LogP contribution in [0.5, 0.6) is 0 Å². The fourth-order valence-corrected chi connectivity index (χ4v) is 3.11. The molecule has 26 heavy (non-hydrogen) atoms. The normalized spacial score (nSPS) is 15.3. The van der Waals surface area contributed by atoms with Crippen LogP contribution in [-0.4, -0.2) is 53.0 Å². The molecule has 1 aromatic heterocycles. The van der Waals surface area contributed by atoms with Crippen molar-refractivity contribution in [1.82, 2.24) is 20.2 Å². The molecule has 1 aromatic carbocycles. The second-order valence-corrected chi connectivity index (χ2v) is 7.00. The summed E-state index contributed by atoms with van der Waals surface area (Å²) in [5.41, 5.74) is 3.15. The van der Waals surface area contributed by atoms with Gasteiger partial charge in [0.1, 0.15) is 0 Å². The second kappa shape index (κ2) is 8.27. The van der Waals surface area contributed by atoms with E-state index in [-0.39, 0.29) is 5.91 Å². The van der Waals surface area contributed by atoms with Crippen molar-refractivity contribution in [3.63, 3.8) is 0 Å². The summed E-state index contributed by atoms with van der Waals surface area (Å²) >= 11 is 0. The molecule has 3 rings (SSSR count). The lowest BCUT2D eigenvalue weighted by Gasteiger charge is -2.36. The first kappa shape index (κ1) is 18.3. The molecule has 0 radical (unpaired) electrons. The molecule has 0 saturated carbocycles. The van der Waals surface area contributed by atoms with Gasteiger partial charge in [-0.3, -0.25) is 9.69 Å². The van der Waals surface area contributed by atoms with Gasteiger partial charge in [-0.15, -0.1) is 0 Å². The molecule has 1 N–H and O–H groups in total. The smallest absolute Gasteiger partial charge is 0.225 e. The predicted octanol–water partition coefficient (Wildman–Crippen LogP) is 2.31. The molecule has 0 unspecified atom stereocenters. The molecule has 6 nitrogen and oxygen atoms in total. The molecule has 1 aliphatic heterocycles. The van der Waals surface area contributed by atoms with Crippen LogP contribution in [0.25, 0.3) is 11.1 Å². The molecule has 0 atom stereocenters. The lowest BCUT2D eigenvalue weighted by molar-refractivity contribution is -0.119. The highest BCUT2D eigenvalue weighted by atomic mass is 16.1. The van der Waals surface area contributed by atoms with E-state index in [1.54, 1.807) is 0 Å². The summed E-state index contributed by atoms with van der Waals surface area (Å²) in [6.45, 7) is 10.6. The number of nitrogens with zero attached hydrogens (tertiary/aromatic N) is 4. The summed E-state index contributed by atoms with van der Waals surface area (Å²) in [5.74, 6) is 0.784. The van der Waals surface area contributed by atoms with Crippen molar-refractivity contribution in [1.29, 1.82) is 0 Å². The van der Waals surface area contributed by atoms with Crippen LogP contribution in [0, 0.1) is 0 Å². The van der Waals surface area contributed by atoms with Gasteiger partial charge in [0.25, 0.3) is 0 Å². The lowest BCUT2D eigenvalue weighted by atomic mass is 10.1. The number of piperazine rings is 1. The maximum absolute atomic E-state index is 11.0. The number of carbonyl (C=O) groups is 1. The number of benzene rings is 1. The summed E-state index contributed by atoms with van der Waals surface area (Å²) in [4.78, 5) is 24.9. The van der Waals surface area contributed by atoms with Crippen molar-refractivity contribution in [3.8, 4) is 11.1 Å². The number of anilines is 1. The van der Waals surface area contributed by atoms with Gasteiger partial charge in [0.15, 0.2) is 0 Å². The highest BCUT2D eigenvalue weighted by Crippen LogP contribution is 2.20. The van der Waals surface area contributed by atoms with Crippen LogP contribution in [-0.2, 0) is 11.3 Å². The standard InChI is InChI=1S/C20H27N5O/c1-15(2)24-8-10-25(11-9-24)20-22-13-19(14-23-20)18-6-4-17(5-7-18)12-21-16(3)26/h4-7,13-15H,8-12H2,1-3H3,(H,21,26). The number of hydrogen-bond acceptors (Lipinski definition) is 5. The highest BCUT2D eigenvalue weighted by molar-refractivity contribution is 5.72. The Kier molecular flexibility index (Phi) is 5.83. The molecule has 0 bridgehead atoms. The van der Waals surface area contributed by atoms with E-state index in [1.807, 2.05) is 36.7 Å². The van der Waals surface area contributed by atoms with Crippen molar-refractivity contribution < 1.29 is 4.79 Å². The SMILES string of the molecule is CC(=O)NCc1ccc(-c2cnc(N3CCN(C(C)C)CC3)nc2)cc1. The van der Waals surface area contributed by atoms with Gasteiger partial charge in [0, 0.05) is 63.6 Å². The molecular formula is C20H27N5O. The monoisotopic (exact) mass is 353 g/mol. The van der Waals surface area contributed by atoms with E-state index >= 15 is 0 Å². The van der Waals surface area contributed by atoms with E-state index < -0.39 is 0 Å². The van der Waals surface area contributed by atoms with Gasteiger partial charge in [-0.05, 0) is 25.0 Å². The lowest BCUT2D eigenvalue weighted by Crippen LogP contribution is -2.49. The largest absolute Gasteiger partial charge is 0.352 e. The summed E-state index contributed by atoms with van der Waals surface area (Å²) in [5, 5.41) is 2.80. The molecule has 1 amide bonds. The molecule has 1 fully saturated rings. The highest BCUT2D eigenvalue weighted by Gasteiger charge is 2.20. The van der Waals surface area contributed by atoms with Crippen LogP contribution in [0.4, 0.5) is 5.95 Å². The van der Waals surface area contributed by atoms with Gasteiger partial charge in [0.2, 0.25) is 11.9 Å². The minimum Gasteiger partial charge on any atom is -0.352 e. The average Bonchev–Trinajstić information content (AvgIpc) is 2.67. The average molecular weight is 353 g/mol. The third-order valence-electron chi connectivity index (χ3n) is 4.79. The van der Waals surface area contributed by atoms with Crippen LogP contribution < -0.4 is 10.2 Å². The number of aromatic nitrogens is 2. The van der Waals surface area contributed by atoms with Crippen molar-refractivity contribution in [2.45, 2.75) is 33.4 Å². The number of carbonyl (C=O) groups excluding carboxylic acids is 1. The van der Waals surface area contributed by atoms with Crippen LogP contribution in [0.15, 0.2) is 36.7 Å². The Bertz CT molecular complexity index is 719. The zero-order chi connectivity index (χ0) is 18.5. The Morgan fingerprint density at radius 3 is 2.19 bits per heavy atom. The molecule has 1 saturated heterocycles. The minimum absolute atomic E-state index is 0.0210. The first-order valence-electron chi connectivity index (χ1n) is 9.17. The zero-order valence-corrected chi connectivity index (χ0v) is 15.8. The van der Waals surface area contributed by atoms with Crippen LogP contribution in [0.2, 0.25) is 0 Å². The van der Waals surface area contributed by atoms with Crippen molar-refractivity contribution in [2.24, 2.45) is 0 Å². The van der Waals surface area contributed by atoms with Gasteiger partial charge >= 0.3 is 0 Å². The zero-order valence-electron chi connectivity index (χ0n) is 15.8. The van der Waals surface area contributed by atoms with E-state index in [4.69, 9.17) is 0 Å². The Labute approximate surface area is 155 Å². The van der Waals surface area contributed by atoms with E-state index in [0.29, 0.717) is 12.6 Å². The summed E-state index contributed by atoms with van der Waals surface area (Å²) in [6, 6.07) is 8.71. The fourth-order valence-electron chi connectivity index (χ4n) is 3.11. The number of hydrogen-bond donors (Lipinski definition) is 1. The van der Waals surface area contributed by atoms with Gasteiger partial charge in [-0.2, -0.15) is 0 Å². The Morgan fingerprint density at radius 2 is 1.65 bits per heavy atom. The number of rotatable bonds is 5. The van der Waals surface area contributed by atoms with Crippen LogP contribution in [0.1, 0.15) is 26.3 Å². The van der Waals surface area contributed by atoms with Gasteiger partial charge in [0.05, 0.1) is 0 Å². The van der Waals surface area contributed by atoms with Crippen molar-refractivity contribution in [2.75, 3.05) is 31.1 Å². The Morgan fingerprint density at radius 1 is 1.04 bits per heavy atom. The number of amides is 1. The van der Waals surface area contributed by atoms with E-state index in [1.165, 1.54) is 6.92 Å². The quantitative estimate of drug-likeness (QED) is 0.894. The van der Waals surface area contributed by atoms with Crippen molar-refractivity contribution in [3.05, 3.63) is 42.2 Å². The summed E-state index contributed by atoms with van der Waals surface area (Å²) in [7, 11) is 0. The maximum atomic E-state index is 11.0. The molecule has 2 heterocycles. The van der Waals surface area contributed by atoms with E-state index in [9.17, 15) is 4.79 Å². The minimum atomic E-state index is -0.0210. The Balaban J connectivity index is 1.62. The molecular weight excluding hydrogens is 326 g/mol. The molecule has 2 aromatic rings. The summed E-state index contributed by atoms with van der Waals surface area (Å²) in [6.07, 6.45) is 3.78. The Hall–Kier alpha value is -2.47. The fraction of sp³-hybridized carbons (Fsp3) is 0.450. The van der Waals surface area contributed by atoms with Gasteiger partial charge in [-0.1, -0.05) is 24.3 Å². The predicted molar refractivity (Wildman–Crippen MR) is 104 cm³/mol. The van der Waals surface area contributed by atoms with E-state index in [0.717, 1.165) is 48.8 Å². The first-order chi connectivity index (χ1) is 12.5. The second-order valence-electron chi connectivity index (χ2n) is 7.00. The van der Waals surface area contributed by atoms with Gasteiger partial charge in [-0.25, -0.2) is 9.97 Å². The van der Waals surface area contributed by atoms with Gasteiger partial charge < -0.3 is 10.2 Å². The summed E-state index contributed by atoms with van der Waals surface area (Å²) < 4.78 is 0. The van der Waals surface area contributed by atoms with Crippen molar-refractivity contribution >= 4 is 11.9 Å². The number of nitrogens with one attached hydrogen (secondary N) is 1. The third kappa shape index (κ3) is 4.58. The maximum Gasteiger partial charge on any atom is 0.225 e. The topological polar surface area (TPSA) is 61.4 Å². The first-order valence-corrected chi connectivity index (χ1v) is 9.17. The van der Waals surface area contributed by atoms with Crippen LogP contribution in [0.3, 0.4) is 0 Å². The molecule has 6 heteroatoms.